The Morgan fingerprint density at radius 3 is 2.68 bits per heavy atom. The van der Waals surface area contributed by atoms with Gasteiger partial charge in [-0.15, -0.1) is 0 Å². The van der Waals surface area contributed by atoms with E-state index in [0.717, 1.165) is 16.6 Å². The van der Waals surface area contributed by atoms with Gasteiger partial charge in [0.05, 0.1) is 11.3 Å². The Balaban J connectivity index is 1.92. The van der Waals surface area contributed by atoms with E-state index in [2.05, 4.69) is 36.5 Å². The van der Waals surface area contributed by atoms with Gasteiger partial charge in [-0.25, -0.2) is 9.97 Å². The minimum absolute atomic E-state index is 0.191. The van der Waals surface area contributed by atoms with Crippen LogP contribution in [0.15, 0.2) is 41.1 Å². The Kier molecular flexibility index (Phi) is 6.29. The maximum absolute atomic E-state index is 11.9. The van der Waals surface area contributed by atoms with Gasteiger partial charge in [0, 0.05) is 37.1 Å². The van der Waals surface area contributed by atoms with Crippen LogP contribution in [0, 0.1) is 0 Å². The fourth-order valence-electron chi connectivity index (χ4n) is 1.71. The van der Waals surface area contributed by atoms with Gasteiger partial charge >= 0.3 is 0 Å². The third kappa shape index (κ3) is 4.78. The fraction of sp³-hybridized carbons (Fsp3) is 0.267. The smallest absolute Gasteiger partial charge is 0.254 e. The van der Waals surface area contributed by atoms with E-state index >= 15 is 0 Å². The minimum atomic E-state index is -0.191. The SMILES string of the molecule is COCCCNC(=O)c1cnc(Nc2ccccc2Br)nc1. The molecular formula is C15H17BrN4O2. The van der Waals surface area contributed by atoms with Crippen molar-refractivity contribution in [2.75, 3.05) is 25.6 Å². The average Bonchev–Trinajstić information content (AvgIpc) is 2.54. The van der Waals surface area contributed by atoms with Crippen molar-refractivity contribution < 1.29 is 9.53 Å². The molecule has 116 valence electrons. The molecule has 0 radical (unpaired) electrons. The first-order valence-corrected chi connectivity index (χ1v) is 7.60. The predicted octanol–water partition coefficient (Wildman–Crippen LogP) is 2.75. The molecule has 22 heavy (non-hydrogen) atoms. The van der Waals surface area contributed by atoms with Crippen LogP contribution in [-0.4, -0.2) is 36.1 Å². The summed E-state index contributed by atoms with van der Waals surface area (Å²) in [5.74, 6) is 0.242. The number of methoxy groups -OCH3 is 1. The summed E-state index contributed by atoms with van der Waals surface area (Å²) in [5.41, 5.74) is 1.29. The summed E-state index contributed by atoms with van der Waals surface area (Å²) in [5, 5.41) is 5.87. The summed E-state index contributed by atoms with van der Waals surface area (Å²) in [6.07, 6.45) is 3.76. The quantitative estimate of drug-likeness (QED) is 0.738. The second-order valence-corrected chi connectivity index (χ2v) is 5.36. The van der Waals surface area contributed by atoms with E-state index < -0.39 is 0 Å². The van der Waals surface area contributed by atoms with Crippen molar-refractivity contribution in [3.05, 3.63) is 46.7 Å². The number of benzene rings is 1. The van der Waals surface area contributed by atoms with Crippen LogP contribution in [0.25, 0.3) is 0 Å². The van der Waals surface area contributed by atoms with E-state index in [9.17, 15) is 4.79 Å². The summed E-state index contributed by atoms with van der Waals surface area (Å²) >= 11 is 3.44. The highest BCUT2D eigenvalue weighted by Crippen LogP contribution is 2.23. The average molecular weight is 365 g/mol. The number of halogens is 1. The number of anilines is 2. The van der Waals surface area contributed by atoms with Gasteiger partial charge in [0.15, 0.2) is 0 Å². The highest BCUT2D eigenvalue weighted by molar-refractivity contribution is 9.10. The second kappa shape index (κ2) is 8.45. The number of nitrogens with zero attached hydrogens (tertiary/aromatic N) is 2. The van der Waals surface area contributed by atoms with Crippen molar-refractivity contribution in [1.82, 2.24) is 15.3 Å². The van der Waals surface area contributed by atoms with Gasteiger partial charge in [-0.1, -0.05) is 12.1 Å². The molecule has 1 aromatic carbocycles. The van der Waals surface area contributed by atoms with Crippen LogP contribution in [0.4, 0.5) is 11.6 Å². The Morgan fingerprint density at radius 1 is 1.27 bits per heavy atom. The summed E-state index contributed by atoms with van der Waals surface area (Å²) in [4.78, 5) is 20.2. The van der Waals surface area contributed by atoms with Crippen molar-refractivity contribution >= 4 is 33.5 Å². The van der Waals surface area contributed by atoms with Crippen LogP contribution in [-0.2, 0) is 4.74 Å². The van der Waals surface area contributed by atoms with E-state index in [1.54, 1.807) is 7.11 Å². The number of hydrogen-bond acceptors (Lipinski definition) is 5. The molecule has 0 bridgehead atoms. The summed E-state index contributed by atoms with van der Waals surface area (Å²) in [7, 11) is 1.63. The first-order valence-electron chi connectivity index (χ1n) is 6.81. The van der Waals surface area contributed by atoms with Gasteiger partial charge in [-0.3, -0.25) is 4.79 Å². The van der Waals surface area contributed by atoms with Crippen molar-refractivity contribution in [2.24, 2.45) is 0 Å². The van der Waals surface area contributed by atoms with Gasteiger partial charge in [0.25, 0.3) is 5.91 Å². The minimum Gasteiger partial charge on any atom is -0.385 e. The Hall–Kier alpha value is -1.99. The standard InChI is InChI=1S/C15H17BrN4O2/c1-22-8-4-7-17-14(21)11-9-18-15(19-10-11)20-13-6-3-2-5-12(13)16/h2-3,5-6,9-10H,4,7-8H2,1H3,(H,17,21)(H,18,19,20). The van der Waals surface area contributed by atoms with Crippen LogP contribution in [0.1, 0.15) is 16.8 Å². The molecule has 6 nitrogen and oxygen atoms in total. The molecule has 0 saturated heterocycles. The van der Waals surface area contributed by atoms with E-state index in [-0.39, 0.29) is 5.91 Å². The summed E-state index contributed by atoms with van der Waals surface area (Å²) in [6.45, 7) is 1.18. The van der Waals surface area contributed by atoms with Crippen molar-refractivity contribution in [3.8, 4) is 0 Å². The molecule has 1 amide bonds. The topological polar surface area (TPSA) is 76.1 Å². The number of carbonyl (C=O) groups excluding carboxylic acids is 1. The zero-order valence-electron chi connectivity index (χ0n) is 12.2. The Labute approximate surface area is 137 Å². The van der Waals surface area contributed by atoms with Gasteiger partial charge in [-0.2, -0.15) is 0 Å². The molecule has 0 unspecified atom stereocenters. The number of hydrogen-bond donors (Lipinski definition) is 2. The molecule has 2 N–H and O–H groups in total. The highest BCUT2D eigenvalue weighted by atomic mass is 79.9. The Morgan fingerprint density at radius 2 is 2.00 bits per heavy atom. The van der Waals surface area contributed by atoms with Crippen LogP contribution < -0.4 is 10.6 Å². The molecule has 1 aromatic heterocycles. The van der Waals surface area contributed by atoms with Gasteiger partial charge < -0.3 is 15.4 Å². The number of rotatable bonds is 7. The number of amides is 1. The molecule has 7 heteroatoms. The molecule has 0 fully saturated rings. The molecule has 0 aliphatic heterocycles. The largest absolute Gasteiger partial charge is 0.385 e. The van der Waals surface area contributed by atoms with E-state index in [1.165, 1.54) is 12.4 Å². The molecule has 0 aliphatic carbocycles. The van der Waals surface area contributed by atoms with Gasteiger partial charge in [0.1, 0.15) is 0 Å². The zero-order chi connectivity index (χ0) is 15.8. The van der Waals surface area contributed by atoms with Gasteiger partial charge in [0.2, 0.25) is 5.95 Å². The van der Waals surface area contributed by atoms with Crippen LogP contribution >= 0.6 is 15.9 Å². The lowest BCUT2D eigenvalue weighted by Crippen LogP contribution is -2.25. The summed E-state index contributed by atoms with van der Waals surface area (Å²) in [6, 6.07) is 7.66. The van der Waals surface area contributed by atoms with Crippen LogP contribution in [0.3, 0.4) is 0 Å². The molecule has 0 aliphatic rings. The van der Waals surface area contributed by atoms with E-state index in [4.69, 9.17) is 4.74 Å². The van der Waals surface area contributed by atoms with E-state index in [1.807, 2.05) is 24.3 Å². The monoisotopic (exact) mass is 364 g/mol. The molecule has 1 heterocycles. The van der Waals surface area contributed by atoms with E-state index in [0.29, 0.717) is 24.7 Å². The Bertz CT molecular complexity index is 619. The first kappa shape index (κ1) is 16.4. The molecule has 0 atom stereocenters. The van der Waals surface area contributed by atoms with Gasteiger partial charge in [-0.05, 0) is 34.5 Å². The number of nitrogens with one attached hydrogen (secondary N) is 2. The molecule has 2 aromatic rings. The normalized spacial score (nSPS) is 10.3. The lowest BCUT2D eigenvalue weighted by Gasteiger charge is -2.07. The predicted molar refractivity (Wildman–Crippen MR) is 88.3 cm³/mol. The first-order chi connectivity index (χ1) is 10.7. The van der Waals surface area contributed by atoms with Crippen molar-refractivity contribution in [1.29, 1.82) is 0 Å². The molecular weight excluding hydrogens is 348 g/mol. The number of aromatic nitrogens is 2. The summed E-state index contributed by atoms with van der Waals surface area (Å²) < 4.78 is 5.84. The third-order valence-electron chi connectivity index (χ3n) is 2.85. The zero-order valence-corrected chi connectivity index (χ0v) is 13.8. The fourth-order valence-corrected chi connectivity index (χ4v) is 2.10. The van der Waals surface area contributed by atoms with Crippen LogP contribution in [0.5, 0.6) is 0 Å². The van der Waals surface area contributed by atoms with Crippen molar-refractivity contribution in [2.45, 2.75) is 6.42 Å². The maximum Gasteiger partial charge on any atom is 0.254 e. The van der Waals surface area contributed by atoms with Crippen LogP contribution in [0.2, 0.25) is 0 Å². The lowest BCUT2D eigenvalue weighted by molar-refractivity contribution is 0.0948. The number of carbonyl (C=O) groups is 1. The molecule has 0 saturated carbocycles. The van der Waals surface area contributed by atoms with Crippen molar-refractivity contribution in [3.63, 3.8) is 0 Å². The number of ether oxygens (including phenoxy) is 1. The number of para-hydroxylation sites is 1. The second-order valence-electron chi connectivity index (χ2n) is 4.50. The molecule has 2 rings (SSSR count). The highest BCUT2D eigenvalue weighted by Gasteiger charge is 2.07. The lowest BCUT2D eigenvalue weighted by atomic mass is 10.3. The maximum atomic E-state index is 11.9. The third-order valence-corrected chi connectivity index (χ3v) is 3.54. The molecule has 0 spiro atoms.